The van der Waals surface area contributed by atoms with E-state index in [1.165, 1.54) is 17.7 Å². The van der Waals surface area contributed by atoms with Crippen molar-refractivity contribution in [1.82, 2.24) is 15.1 Å². The number of halogens is 1. The van der Waals surface area contributed by atoms with E-state index in [4.69, 9.17) is 0 Å². The van der Waals surface area contributed by atoms with Crippen LogP contribution < -0.4 is 5.32 Å². The van der Waals surface area contributed by atoms with Crippen LogP contribution in [0, 0.1) is 5.82 Å². The molecule has 4 nitrogen and oxygen atoms in total. The van der Waals surface area contributed by atoms with Gasteiger partial charge in [0.1, 0.15) is 5.82 Å². The van der Waals surface area contributed by atoms with Crippen LogP contribution in [0.5, 0.6) is 0 Å². The summed E-state index contributed by atoms with van der Waals surface area (Å²) in [6, 6.07) is 14.6. The molecule has 1 unspecified atom stereocenters. The predicted molar refractivity (Wildman–Crippen MR) is 107 cm³/mol. The van der Waals surface area contributed by atoms with Crippen molar-refractivity contribution < 1.29 is 9.18 Å². The van der Waals surface area contributed by atoms with Crippen LogP contribution in [0.4, 0.5) is 9.18 Å². The first kappa shape index (κ1) is 17.7. The second-order valence-electron chi connectivity index (χ2n) is 8.96. The molecule has 3 fully saturated rings. The van der Waals surface area contributed by atoms with E-state index < -0.39 is 0 Å². The third kappa shape index (κ3) is 2.56. The molecular formula is C23H26FN3O. The van der Waals surface area contributed by atoms with Crippen molar-refractivity contribution >= 4 is 6.03 Å². The molecule has 5 heteroatoms. The fourth-order valence-electron chi connectivity index (χ4n) is 5.43. The highest BCUT2D eigenvalue weighted by molar-refractivity contribution is 5.78. The lowest BCUT2D eigenvalue weighted by Gasteiger charge is -2.73. The molecule has 0 aromatic heterocycles. The second kappa shape index (κ2) is 6.05. The minimum absolute atomic E-state index is 0.00381. The topological polar surface area (TPSA) is 35.6 Å². The Hall–Kier alpha value is -2.40. The molecule has 3 saturated carbocycles. The van der Waals surface area contributed by atoms with Crippen molar-refractivity contribution in [2.75, 3.05) is 20.6 Å². The van der Waals surface area contributed by atoms with Gasteiger partial charge in [0.2, 0.25) is 0 Å². The van der Waals surface area contributed by atoms with Crippen LogP contribution in [0.25, 0.3) is 0 Å². The molecule has 2 amide bonds. The van der Waals surface area contributed by atoms with Gasteiger partial charge >= 0.3 is 6.03 Å². The van der Waals surface area contributed by atoms with Gasteiger partial charge in [-0.05, 0) is 68.6 Å². The maximum absolute atomic E-state index is 13.5. The van der Waals surface area contributed by atoms with Gasteiger partial charge in [-0.2, -0.15) is 0 Å². The Bertz CT molecular complexity index is 904. The van der Waals surface area contributed by atoms with Crippen molar-refractivity contribution in [3.8, 4) is 0 Å². The first-order chi connectivity index (χ1) is 13.4. The summed E-state index contributed by atoms with van der Waals surface area (Å²) >= 11 is 0. The zero-order valence-corrected chi connectivity index (χ0v) is 16.4. The normalized spacial score (nSPS) is 30.3. The molecule has 1 aliphatic heterocycles. The van der Waals surface area contributed by atoms with E-state index in [-0.39, 0.29) is 29.0 Å². The molecule has 28 heavy (non-hydrogen) atoms. The zero-order chi connectivity index (χ0) is 19.5. The lowest BCUT2D eigenvalue weighted by atomic mass is 9.43. The van der Waals surface area contributed by atoms with Crippen molar-refractivity contribution in [3.63, 3.8) is 0 Å². The van der Waals surface area contributed by atoms with E-state index >= 15 is 0 Å². The number of hydrogen-bond donors (Lipinski definition) is 1. The average Bonchev–Trinajstić information content (AvgIpc) is 2.62. The Morgan fingerprint density at radius 1 is 1.11 bits per heavy atom. The first-order valence-corrected chi connectivity index (χ1v) is 10.0. The van der Waals surface area contributed by atoms with Crippen LogP contribution in [0.3, 0.4) is 0 Å². The summed E-state index contributed by atoms with van der Waals surface area (Å²) < 4.78 is 13.5. The molecule has 6 rings (SSSR count). The number of fused-ring (bicyclic) bond motifs is 1. The van der Waals surface area contributed by atoms with Gasteiger partial charge in [-0.1, -0.05) is 36.4 Å². The van der Waals surface area contributed by atoms with Crippen LogP contribution >= 0.6 is 0 Å². The van der Waals surface area contributed by atoms with Gasteiger partial charge in [0.15, 0.2) is 0 Å². The van der Waals surface area contributed by atoms with Gasteiger partial charge in [-0.15, -0.1) is 0 Å². The third-order valence-corrected chi connectivity index (χ3v) is 7.05. The van der Waals surface area contributed by atoms with Gasteiger partial charge in [0.25, 0.3) is 0 Å². The van der Waals surface area contributed by atoms with Crippen LogP contribution in [-0.4, -0.2) is 47.5 Å². The lowest BCUT2D eigenvalue weighted by Crippen LogP contribution is -2.83. The smallest absolute Gasteiger partial charge is 0.318 e. The van der Waals surface area contributed by atoms with Crippen LogP contribution in [0.2, 0.25) is 0 Å². The van der Waals surface area contributed by atoms with Crippen molar-refractivity contribution in [3.05, 3.63) is 71.0 Å². The van der Waals surface area contributed by atoms with Crippen LogP contribution in [-0.2, 0) is 6.42 Å². The van der Waals surface area contributed by atoms with Gasteiger partial charge in [-0.3, -0.25) is 0 Å². The van der Waals surface area contributed by atoms with Crippen LogP contribution in [0.1, 0.15) is 42.0 Å². The predicted octanol–water partition coefficient (Wildman–Crippen LogP) is 3.72. The van der Waals surface area contributed by atoms with E-state index in [1.54, 1.807) is 12.1 Å². The lowest BCUT2D eigenvalue weighted by molar-refractivity contribution is -0.157. The molecular weight excluding hydrogens is 353 g/mol. The first-order valence-electron chi connectivity index (χ1n) is 10.0. The monoisotopic (exact) mass is 379 g/mol. The summed E-state index contributed by atoms with van der Waals surface area (Å²) in [6.07, 6.45) is 3.94. The number of nitrogens with one attached hydrogen (secondary N) is 1. The van der Waals surface area contributed by atoms with Crippen molar-refractivity contribution in [2.45, 2.75) is 42.8 Å². The summed E-state index contributed by atoms with van der Waals surface area (Å²) in [6.45, 7) is 0.666. The Morgan fingerprint density at radius 2 is 1.79 bits per heavy atom. The number of benzene rings is 2. The zero-order valence-electron chi connectivity index (χ0n) is 16.4. The molecule has 1 atom stereocenters. The Labute approximate surface area is 165 Å². The summed E-state index contributed by atoms with van der Waals surface area (Å²) in [5, 5.41) is 3.34. The molecule has 0 radical (unpaired) electrons. The molecule has 2 aromatic rings. The van der Waals surface area contributed by atoms with Gasteiger partial charge in [-0.25, -0.2) is 9.18 Å². The number of rotatable bonds is 3. The number of carbonyl (C=O) groups is 1. The number of nitrogens with zero attached hydrogens (tertiary/aromatic N) is 2. The SMILES string of the molecule is CN(C)C12CC(NC(=O)N3CCc4ccccc4C3c3ccc(F)cc3)(C1)C2. The van der Waals surface area contributed by atoms with Crippen LogP contribution in [0.15, 0.2) is 48.5 Å². The van der Waals surface area contributed by atoms with Gasteiger partial charge in [0, 0.05) is 17.6 Å². The highest BCUT2D eigenvalue weighted by atomic mass is 19.1. The minimum Gasteiger partial charge on any atom is -0.332 e. The molecule has 2 aromatic carbocycles. The van der Waals surface area contributed by atoms with Crippen molar-refractivity contribution in [2.24, 2.45) is 0 Å². The maximum atomic E-state index is 13.5. The number of amides is 2. The van der Waals surface area contributed by atoms with E-state index in [0.29, 0.717) is 6.54 Å². The Morgan fingerprint density at radius 3 is 2.46 bits per heavy atom. The standard InChI is InChI=1S/C23H26FN3O/c1-26(2)23-13-22(14-23,15-23)25-21(28)27-12-11-16-5-3-4-6-19(16)20(27)17-7-9-18(24)10-8-17/h3-10,20H,11-15H2,1-2H3,(H,25,28). The fourth-order valence-corrected chi connectivity index (χ4v) is 5.43. The van der Waals surface area contributed by atoms with Gasteiger partial charge in [0.05, 0.1) is 6.04 Å². The third-order valence-electron chi connectivity index (χ3n) is 7.05. The van der Waals surface area contributed by atoms with E-state index in [1.807, 2.05) is 17.0 Å². The molecule has 1 heterocycles. The molecule has 0 saturated heterocycles. The highest BCUT2D eigenvalue weighted by Crippen LogP contribution is 2.62. The Kier molecular flexibility index (Phi) is 3.82. The summed E-state index contributed by atoms with van der Waals surface area (Å²) in [4.78, 5) is 17.5. The average molecular weight is 379 g/mol. The maximum Gasteiger partial charge on any atom is 0.318 e. The fraction of sp³-hybridized carbons (Fsp3) is 0.435. The van der Waals surface area contributed by atoms with E-state index in [2.05, 4.69) is 36.4 Å². The molecule has 3 aliphatic carbocycles. The highest BCUT2D eigenvalue weighted by Gasteiger charge is 2.69. The second-order valence-corrected chi connectivity index (χ2v) is 8.96. The molecule has 0 spiro atoms. The molecule has 2 bridgehead atoms. The summed E-state index contributed by atoms with van der Waals surface area (Å²) in [5.74, 6) is -0.258. The van der Waals surface area contributed by atoms with E-state index in [9.17, 15) is 9.18 Å². The summed E-state index contributed by atoms with van der Waals surface area (Å²) in [7, 11) is 4.24. The quantitative estimate of drug-likeness (QED) is 0.882. The van der Waals surface area contributed by atoms with Crippen molar-refractivity contribution in [1.29, 1.82) is 0 Å². The largest absolute Gasteiger partial charge is 0.332 e. The minimum atomic E-state index is -0.258. The number of hydrogen-bond acceptors (Lipinski definition) is 2. The van der Waals surface area contributed by atoms with Gasteiger partial charge < -0.3 is 15.1 Å². The Balaban J connectivity index is 1.42. The molecule has 4 aliphatic rings. The summed E-state index contributed by atoms with van der Waals surface area (Å²) in [5.41, 5.74) is 3.60. The van der Waals surface area contributed by atoms with E-state index in [0.717, 1.165) is 36.8 Å². The number of urea groups is 1. The molecule has 1 N–H and O–H groups in total. The molecule has 146 valence electrons. The number of carbonyl (C=O) groups excluding carboxylic acids is 1.